The van der Waals surface area contributed by atoms with Crippen molar-refractivity contribution in [1.29, 1.82) is 0 Å². The molecular weight excluding hydrogens is 278 g/mol. The lowest BCUT2D eigenvalue weighted by atomic mass is 9.46. The van der Waals surface area contributed by atoms with Crippen LogP contribution in [-0.2, 0) is 16.8 Å². The van der Waals surface area contributed by atoms with Crippen LogP contribution in [-0.4, -0.2) is 16.8 Å². The number of nitrogens with two attached hydrogens (primary N) is 1. The highest BCUT2D eigenvalue weighted by atomic mass is 16.5. The molecule has 0 aromatic heterocycles. The first-order chi connectivity index (χ1) is 10.5. The Morgan fingerprint density at radius 1 is 1.18 bits per heavy atom. The van der Waals surface area contributed by atoms with Crippen LogP contribution >= 0.6 is 0 Å². The van der Waals surface area contributed by atoms with E-state index in [2.05, 4.69) is 12.1 Å². The zero-order valence-electron chi connectivity index (χ0n) is 12.8. The second kappa shape index (κ2) is 4.72. The predicted molar refractivity (Wildman–Crippen MR) is 82.1 cm³/mol. The second-order valence-corrected chi connectivity index (χ2v) is 7.77. The maximum absolute atomic E-state index is 10.9. The fourth-order valence-electron chi connectivity index (χ4n) is 5.66. The molecule has 4 fully saturated rings. The number of benzene rings is 1. The van der Waals surface area contributed by atoms with Crippen molar-refractivity contribution in [1.82, 2.24) is 0 Å². The van der Waals surface area contributed by atoms with E-state index in [0.717, 1.165) is 24.8 Å². The summed E-state index contributed by atoms with van der Waals surface area (Å²) in [6, 6.07) is 8.33. The van der Waals surface area contributed by atoms with Crippen molar-refractivity contribution < 1.29 is 14.6 Å². The molecule has 0 saturated heterocycles. The smallest absolute Gasteiger partial charge is 0.404 e. The molecule has 4 aliphatic rings. The molecule has 2 atom stereocenters. The maximum atomic E-state index is 10.9. The molecule has 4 nitrogen and oxygen atoms in total. The summed E-state index contributed by atoms with van der Waals surface area (Å²) in [7, 11) is 0. The molecule has 1 aromatic carbocycles. The number of hydrogen-bond acceptors (Lipinski definition) is 3. The lowest BCUT2D eigenvalue weighted by molar-refractivity contribution is -0.137. The van der Waals surface area contributed by atoms with Crippen molar-refractivity contribution in [3.63, 3.8) is 0 Å². The summed E-state index contributed by atoms with van der Waals surface area (Å²) >= 11 is 0. The average molecular weight is 301 g/mol. The minimum absolute atomic E-state index is 0.155. The normalized spacial score (nSPS) is 39.0. The van der Waals surface area contributed by atoms with E-state index < -0.39 is 11.7 Å². The minimum Gasteiger partial charge on any atom is -0.445 e. The lowest BCUT2D eigenvalue weighted by Gasteiger charge is -2.60. The highest BCUT2D eigenvalue weighted by Crippen LogP contribution is 2.62. The van der Waals surface area contributed by atoms with Gasteiger partial charge in [0.25, 0.3) is 0 Å². The summed E-state index contributed by atoms with van der Waals surface area (Å²) in [5, 5.41) is 10.9. The molecule has 3 N–H and O–H groups in total. The van der Waals surface area contributed by atoms with E-state index in [9.17, 15) is 9.90 Å². The van der Waals surface area contributed by atoms with Crippen LogP contribution in [0.15, 0.2) is 24.3 Å². The summed E-state index contributed by atoms with van der Waals surface area (Å²) in [5.74, 6) is 1.37. The Hall–Kier alpha value is -1.55. The van der Waals surface area contributed by atoms with Crippen LogP contribution in [0, 0.1) is 11.8 Å². The van der Waals surface area contributed by atoms with E-state index in [1.165, 1.54) is 24.8 Å². The summed E-state index contributed by atoms with van der Waals surface area (Å²) in [5.41, 5.74) is 7.01. The van der Waals surface area contributed by atoms with Crippen LogP contribution in [0.25, 0.3) is 0 Å². The fraction of sp³-hybridized carbons (Fsp3) is 0.611. The van der Waals surface area contributed by atoms with Gasteiger partial charge in [0.05, 0.1) is 5.60 Å². The van der Waals surface area contributed by atoms with Gasteiger partial charge in [-0.25, -0.2) is 4.79 Å². The molecule has 4 aliphatic carbocycles. The monoisotopic (exact) mass is 301 g/mol. The van der Waals surface area contributed by atoms with Gasteiger partial charge in [0, 0.05) is 0 Å². The SMILES string of the molecule is NC(=O)OCc1ccc(C23CC4CC(CC(O)(C4)C2)C3)cc1. The Labute approximate surface area is 130 Å². The number of hydrogen-bond donors (Lipinski definition) is 2. The Bertz CT molecular complexity index is 581. The van der Waals surface area contributed by atoms with E-state index in [-0.39, 0.29) is 12.0 Å². The van der Waals surface area contributed by atoms with Crippen molar-refractivity contribution >= 4 is 6.09 Å². The van der Waals surface area contributed by atoms with Crippen molar-refractivity contribution in [3.05, 3.63) is 35.4 Å². The zero-order chi connectivity index (χ0) is 15.4. The van der Waals surface area contributed by atoms with Gasteiger partial charge in [-0.1, -0.05) is 24.3 Å². The van der Waals surface area contributed by atoms with Crippen LogP contribution in [0.2, 0.25) is 0 Å². The fourth-order valence-corrected chi connectivity index (χ4v) is 5.66. The van der Waals surface area contributed by atoms with E-state index >= 15 is 0 Å². The number of primary amides is 1. The number of amides is 1. The molecule has 4 heteroatoms. The molecule has 4 bridgehead atoms. The van der Waals surface area contributed by atoms with E-state index in [1.807, 2.05) is 12.1 Å². The van der Waals surface area contributed by atoms with Gasteiger partial charge < -0.3 is 15.6 Å². The van der Waals surface area contributed by atoms with E-state index in [1.54, 1.807) is 0 Å². The molecule has 5 rings (SSSR count). The highest BCUT2D eigenvalue weighted by molar-refractivity contribution is 5.64. The molecule has 22 heavy (non-hydrogen) atoms. The third-order valence-electron chi connectivity index (χ3n) is 5.98. The molecule has 1 amide bonds. The van der Waals surface area contributed by atoms with Gasteiger partial charge in [-0.15, -0.1) is 0 Å². The van der Waals surface area contributed by atoms with E-state index in [4.69, 9.17) is 10.5 Å². The van der Waals surface area contributed by atoms with E-state index in [0.29, 0.717) is 11.8 Å². The van der Waals surface area contributed by atoms with Crippen molar-refractivity contribution in [2.75, 3.05) is 0 Å². The van der Waals surface area contributed by atoms with Gasteiger partial charge in [-0.05, 0) is 66.9 Å². The zero-order valence-corrected chi connectivity index (χ0v) is 12.8. The topological polar surface area (TPSA) is 72.6 Å². The molecular formula is C18H23NO3. The highest BCUT2D eigenvalue weighted by Gasteiger charge is 2.57. The molecule has 4 saturated carbocycles. The van der Waals surface area contributed by atoms with Crippen molar-refractivity contribution in [3.8, 4) is 0 Å². The number of ether oxygens (including phenoxy) is 1. The first-order valence-corrected chi connectivity index (χ1v) is 8.20. The Morgan fingerprint density at radius 3 is 2.36 bits per heavy atom. The lowest BCUT2D eigenvalue weighted by Crippen LogP contribution is -2.57. The van der Waals surface area contributed by atoms with Crippen LogP contribution in [0.3, 0.4) is 0 Å². The number of carbonyl (C=O) groups excluding carboxylic acids is 1. The molecule has 2 unspecified atom stereocenters. The summed E-state index contributed by atoms with van der Waals surface area (Å²) in [4.78, 5) is 10.7. The second-order valence-electron chi connectivity index (χ2n) is 7.77. The number of rotatable bonds is 3. The number of aliphatic hydroxyl groups is 1. The van der Waals surface area contributed by atoms with Gasteiger partial charge in [-0.2, -0.15) is 0 Å². The Balaban J connectivity index is 1.58. The molecule has 0 spiro atoms. The van der Waals surface area contributed by atoms with Gasteiger partial charge in [0.15, 0.2) is 0 Å². The predicted octanol–water partition coefficient (Wildman–Crippen LogP) is 2.86. The number of carbonyl (C=O) groups is 1. The summed E-state index contributed by atoms with van der Waals surface area (Å²) in [6.45, 7) is 0.220. The standard InChI is InChI=1S/C18H23NO3/c19-16(20)22-10-12-1-3-15(4-2-12)17-6-13-5-14(7-17)9-18(21,8-13)11-17/h1-4,13-14,21H,5-11H2,(H2,19,20). The summed E-state index contributed by atoms with van der Waals surface area (Å²) < 4.78 is 4.83. The van der Waals surface area contributed by atoms with Gasteiger partial charge in [-0.3, -0.25) is 0 Å². The molecule has 0 aliphatic heterocycles. The summed E-state index contributed by atoms with van der Waals surface area (Å²) in [6.07, 6.45) is 5.88. The van der Waals surface area contributed by atoms with Gasteiger partial charge in [0.2, 0.25) is 0 Å². The van der Waals surface area contributed by atoms with Crippen LogP contribution in [0.5, 0.6) is 0 Å². The molecule has 0 radical (unpaired) electrons. The Kier molecular flexibility index (Phi) is 3.02. The molecule has 118 valence electrons. The van der Waals surface area contributed by atoms with Crippen LogP contribution in [0.4, 0.5) is 4.79 Å². The third kappa shape index (κ3) is 2.30. The van der Waals surface area contributed by atoms with Crippen LogP contribution in [0.1, 0.15) is 49.7 Å². The first kappa shape index (κ1) is 14.1. The molecule has 1 aromatic rings. The van der Waals surface area contributed by atoms with Crippen molar-refractivity contribution in [2.45, 2.75) is 56.1 Å². The van der Waals surface area contributed by atoms with Gasteiger partial charge in [0.1, 0.15) is 6.61 Å². The minimum atomic E-state index is -0.743. The third-order valence-corrected chi connectivity index (χ3v) is 5.98. The van der Waals surface area contributed by atoms with Crippen LogP contribution < -0.4 is 5.73 Å². The average Bonchev–Trinajstić information content (AvgIpc) is 2.43. The molecule has 0 heterocycles. The maximum Gasteiger partial charge on any atom is 0.404 e. The first-order valence-electron chi connectivity index (χ1n) is 8.20. The van der Waals surface area contributed by atoms with Gasteiger partial charge >= 0.3 is 6.09 Å². The van der Waals surface area contributed by atoms with Crippen molar-refractivity contribution in [2.24, 2.45) is 17.6 Å². The Morgan fingerprint density at radius 2 is 1.82 bits per heavy atom. The largest absolute Gasteiger partial charge is 0.445 e. The quantitative estimate of drug-likeness (QED) is 0.901.